The number of carbonyl (C=O) groups is 3. The van der Waals surface area contributed by atoms with E-state index in [2.05, 4.69) is 10.6 Å². The van der Waals surface area contributed by atoms with Crippen LogP contribution < -0.4 is 15.4 Å². The quantitative estimate of drug-likeness (QED) is 0.343. The van der Waals surface area contributed by atoms with E-state index in [0.717, 1.165) is 10.5 Å². The maximum atomic E-state index is 12.7. The van der Waals surface area contributed by atoms with Crippen LogP contribution >= 0.6 is 23.4 Å². The molecule has 0 saturated carbocycles. The van der Waals surface area contributed by atoms with Gasteiger partial charge in [0.1, 0.15) is 5.75 Å². The number of carbonyl (C=O) groups excluding carboxylic acids is 2. The number of benzene rings is 3. The lowest BCUT2D eigenvalue weighted by Gasteiger charge is -2.15. The Hall–Kier alpha value is -3.49. The zero-order valence-corrected chi connectivity index (χ0v) is 20.3. The summed E-state index contributed by atoms with van der Waals surface area (Å²) in [5.74, 6) is -1.41. The summed E-state index contributed by atoms with van der Waals surface area (Å²) in [6, 6.07) is 16.4. The molecule has 3 N–H and O–H groups in total. The third-order valence-corrected chi connectivity index (χ3v) is 6.45. The Morgan fingerprint density at radius 1 is 1.00 bits per heavy atom. The highest BCUT2D eigenvalue weighted by molar-refractivity contribution is 8.00. The van der Waals surface area contributed by atoms with Gasteiger partial charge in [-0.25, -0.2) is 4.79 Å². The first-order valence-electron chi connectivity index (χ1n) is 10.2. The summed E-state index contributed by atoms with van der Waals surface area (Å²) in [6.07, 6.45) is 0. The Morgan fingerprint density at radius 2 is 1.65 bits per heavy atom. The first-order valence-corrected chi connectivity index (χ1v) is 11.5. The van der Waals surface area contributed by atoms with Gasteiger partial charge in [0, 0.05) is 21.7 Å². The van der Waals surface area contributed by atoms with Crippen molar-refractivity contribution >= 4 is 52.5 Å². The molecule has 0 heterocycles. The van der Waals surface area contributed by atoms with Gasteiger partial charge in [0.25, 0.3) is 5.91 Å². The monoisotopic (exact) mass is 498 g/mol. The average molecular weight is 499 g/mol. The number of ether oxygens (including phenoxy) is 1. The minimum Gasteiger partial charge on any atom is -0.495 e. The number of hydrogen-bond donors (Lipinski definition) is 3. The number of carboxylic acids is 1. The number of amides is 2. The number of rotatable bonds is 8. The zero-order chi connectivity index (χ0) is 24.8. The van der Waals surface area contributed by atoms with Gasteiger partial charge in [-0.2, -0.15) is 0 Å². The lowest BCUT2D eigenvalue weighted by Crippen LogP contribution is -2.22. The number of hydrogen-bond acceptors (Lipinski definition) is 5. The first kappa shape index (κ1) is 25.1. The molecule has 1 unspecified atom stereocenters. The predicted octanol–water partition coefficient (Wildman–Crippen LogP) is 5.73. The van der Waals surface area contributed by atoms with Crippen molar-refractivity contribution in [2.24, 2.45) is 0 Å². The molecule has 2 amide bonds. The molecule has 9 heteroatoms. The van der Waals surface area contributed by atoms with Crippen molar-refractivity contribution in [2.45, 2.75) is 24.0 Å². The molecule has 3 rings (SSSR count). The zero-order valence-electron chi connectivity index (χ0n) is 18.7. The van der Waals surface area contributed by atoms with E-state index in [4.69, 9.17) is 16.3 Å². The van der Waals surface area contributed by atoms with Crippen LogP contribution in [0.2, 0.25) is 5.02 Å². The highest BCUT2D eigenvalue weighted by atomic mass is 35.5. The predicted molar refractivity (Wildman–Crippen MR) is 134 cm³/mol. The van der Waals surface area contributed by atoms with Gasteiger partial charge in [-0.15, -0.1) is 11.8 Å². The fourth-order valence-corrected chi connectivity index (χ4v) is 4.13. The van der Waals surface area contributed by atoms with E-state index < -0.39 is 17.1 Å². The van der Waals surface area contributed by atoms with E-state index in [1.54, 1.807) is 55.5 Å². The van der Waals surface area contributed by atoms with Crippen molar-refractivity contribution in [3.05, 3.63) is 82.4 Å². The number of aryl methyl sites for hydroxylation is 1. The van der Waals surface area contributed by atoms with Crippen LogP contribution in [0, 0.1) is 6.92 Å². The largest absolute Gasteiger partial charge is 0.495 e. The molecule has 0 aliphatic rings. The number of halogens is 1. The van der Waals surface area contributed by atoms with E-state index in [1.165, 1.54) is 31.0 Å². The topological polar surface area (TPSA) is 105 Å². The van der Waals surface area contributed by atoms with E-state index in [0.29, 0.717) is 22.1 Å². The molecule has 3 aromatic rings. The van der Waals surface area contributed by atoms with Crippen molar-refractivity contribution in [1.82, 2.24) is 0 Å². The van der Waals surface area contributed by atoms with Crippen molar-refractivity contribution in [3.8, 4) is 5.75 Å². The molecular weight excluding hydrogens is 476 g/mol. The van der Waals surface area contributed by atoms with Crippen LogP contribution in [-0.2, 0) is 4.79 Å². The molecule has 1 atom stereocenters. The van der Waals surface area contributed by atoms with Gasteiger partial charge in [0.15, 0.2) is 0 Å². The maximum Gasteiger partial charge on any atom is 0.336 e. The number of nitrogens with one attached hydrogen (secondary N) is 2. The fourth-order valence-electron chi connectivity index (χ4n) is 3.10. The average Bonchev–Trinajstić information content (AvgIpc) is 2.82. The Kier molecular flexibility index (Phi) is 8.20. The van der Waals surface area contributed by atoms with Crippen LogP contribution in [0.4, 0.5) is 11.4 Å². The first-order chi connectivity index (χ1) is 16.2. The lowest BCUT2D eigenvalue weighted by molar-refractivity contribution is -0.115. The molecule has 0 bridgehead atoms. The number of aromatic carboxylic acids is 1. The van der Waals surface area contributed by atoms with Gasteiger partial charge in [0.05, 0.1) is 29.2 Å². The maximum absolute atomic E-state index is 12.7. The van der Waals surface area contributed by atoms with E-state index >= 15 is 0 Å². The number of carboxylic acid groups (broad SMARTS) is 1. The molecule has 3 aromatic carbocycles. The van der Waals surface area contributed by atoms with Crippen LogP contribution in [0.3, 0.4) is 0 Å². The second-order valence-electron chi connectivity index (χ2n) is 7.38. The van der Waals surface area contributed by atoms with E-state index in [-0.39, 0.29) is 17.0 Å². The standard InChI is InChI=1S/C25H23ClN2O5S/c1-14-12-21(22(33-3)13-20(14)26)28-23(29)15(2)34-17-10-8-16(9-11-17)27-24(30)18-6-4-5-7-19(18)25(31)32/h4-13,15H,1-3H3,(H,27,30)(H,28,29)(H,31,32). The van der Waals surface area contributed by atoms with Gasteiger partial charge >= 0.3 is 5.97 Å². The normalized spacial score (nSPS) is 11.4. The minimum absolute atomic E-state index is 0.0699. The lowest BCUT2D eigenvalue weighted by atomic mass is 10.1. The molecule has 0 spiro atoms. The van der Waals surface area contributed by atoms with Crippen molar-refractivity contribution in [1.29, 1.82) is 0 Å². The van der Waals surface area contributed by atoms with Crippen LogP contribution in [0.1, 0.15) is 33.2 Å². The third kappa shape index (κ3) is 6.09. The van der Waals surface area contributed by atoms with Gasteiger partial charge in [-0.05, 0) is 61.9 Å². The summed E-state index contributed by atoms with van der Waals surface area (Å²) >= 11 is 7.48. The van der Waals surface area contributed by atoms with Crippen LogP contribution in [0.15, 0.2) is 65.6 Å². The van der Waals surface area contributed by atoms with E-state index in [1.807, 2.05) is 6.92 Å². The molecule has 0 aromatic heterocycles. The smallest absolute Gasteiger partial charge is 0.336 e. The molecule has 0 aliphatic carbocycles. The van der Waals surface area contributed by atoms with Crippen molar-refractivity contribution in [3.63, 3.8) is 0 Å². The minimum atomic E-state index is -1.17. The Labute approximate surface area is 206 Å². The van der Waals surface area contributed by atoms with E-state index in [9.17, 15) is 19.5 Å². The molecular formula is C25H23ClN2O5S. The molecule has 176 valence electrons. The molecule has 0 radical (unpaired) electrons. The van der Waals surface area contributed by atoms with Crippen LogP contribution in [0.25, 0.3) is 0 Å². The second kappa shape index (κ2) is 11.1. The molecule has 0 aliphatic heterocycles. The summed E-state index contributed by atoms with van der Waals surface area (Å²) in [5.41, 5.74) is 1.88. The molecule has 7 nitrogen and oxygen atoms in total. The van der Waals surface area contributed by atoms with Gasteiger partial charge in [0.2, 0.25) is 5.91 Å². The summed E-state index contributed by atoms with van der Waals surface area (Å²) in [5, 5.41) is 15.0. The Morgan fingerprint density at radius 3 is 2.26 bits per heavy atom. The van der Waals surface area contributed by atoms with Gasteiger partial charge < -0.3 is 20.5 Å². The molecule has 34 heavy (non-hydrogen) atoms. The number of thioether (sulfide) groups is 1. The van der Waals surface area contributed by atoms with Crippen LogP contribution in [-0.4, -0.2) is 35.2 Å². The number of anilines is 2. The van der Waals surface area contributed by atoms with Gasteiger partial charge in [-0.1, -0.05) is 23.7 Å². The highest BCUT2D eigenvalue weighted by Crippen LogP contribution is 2.32. The second-order valence-corrected chi connectivity index (χ2v) is 9.20. The summed E-state index contributed by atoms with van der Waals surface area (Å²) in [6.45, 7) is 3.63. The SMILES string of the molecule is COc1cc(Cl)c(C)cc1NC(=O)C(C)Sc1ccc(NC(=O)c2ccccc2C(=O)O)cc1. The third-order valence-electron chi connectivity index (χ3n) is 4.93. The molecule has 0 fully saturated rings. The summed E-state index contributed by atoms with van der Waals surface area (Å²) < 4.78 is 5.30. The highest BCUT2D eigenvalue weighted by Gasteiger charge is 2.18. The molecule has 0 saturated heterocycles. The summed E-state index contributed by atoms with van der Waals surface area (Å²) in [7, 11) is 1.51. The Balaban J connectivity index is 1.63. The summed E-state index contributed by atoms with van der Waals surface area (Å²) in [4.78, 5) is 37.4. The number of methoxy groups -OCH3 is 1. The van der Waals surface area contributed by atoms with Crippen LogP contribution in [0.5, 0.6) is 5.75 Å². The van der Waals surface area contributed by atoms with Crippen molar-refractivity contribution in [2.75, 3.05) is 17.7 Å². The van der Waals surface area contributed by atoms with Crippen molar-refractivity contribution < 1.29 is 24.2 Å². The van der Waals surface area contributed by atoms with Gasteiger partial charge in [-0.3, -0.25) is 9.59 Å². The Bertz CT molecular complexity index is 1230. The fraction of sp³-hybridized carbons (Fsp3) is 0.160.